The Kier molecular flexibility index (Phi) is 2.53. The van der Waals surface area contributed by atoms with Gasteiger partial charge >= 0.3 is 0 Å². The van der Waals surface area contributed by atoms with Crippen molar-refractivity contribution in [3.63, 3.8) is 0 Å². The average molecular weight is 257 g/mol. The number of carbonyl (C=O) groups is 1. The molecule has 4 N–H and O–H groups in total. The molecule has 0 fully saturated rings. The Morgan fingerprint density at radius 2 is 2.22 bits per heavy atom. The summed E-state index contributed by atoms with van der Waals surface area (Å²) < 4.78 is 0. The van der Waals surface area contributed by atoms with Crippen molar-refractivity contribution in [1.82, 2.24) is 4.98 Å². The minimum absolute atomic E-state index is 0.121. The van der Waals surface area contributed by atoms with Crippen LogP contribution in [0.15, 0.2) is 41.2 Å². The Hall–Kier alpha value is -2.27. The summed E-state index contributed by atoms with van der Waals surface area (Å²) in [5.41, 5.74) is 8.68. The van der Waals surface area contributed by atoms with Crippen molar-refractivity contribution in [2.45, 2.75) is 0 Å². The monoisotopic (exact) mass is 257 g/mol. The van der Waals surface area contributed by atoms with E-state index in [-0.39, 0.29) is 5.91 Å². The predicted octanol–water partition coefficient (Wildman–Crippen LogP) is 3.06. The summed E-state index contributed by atoms with van der Waals surface area (Å²) in [6.07, 6.45) is 1.70. The van der Waals surface area contributed by atoms with Crippen LogP contribution in [0.25, 0.3) is 10.9 Å². The highest BCUT2D eigenvalue weighted by molar-refractivity contribution is 7.08. The van der Waals surface area contributed by atoms with Crippen LogP contribution in [-0.2, 0) is 0 Å². The predicted molar refractivity (Wildman–Crippen MR) is 75.0 cm³/mol. The number of fused-ring (bicyclic) bond motifs is 1. The van der Waals surface area contributed by atoms with Crippen molar-refractivity contribution in [2.75, 3.05) is 11.1 Å². The third-order valence-electron chi connectivity index (χ3n) is 2.73. The molecule has 4 nitrogen and oxygen atoms in total. The van der Waals surface area contributed by atoms with Gasteiger partial charge < -0.3 is 16.0 Å². The van der Waals surface area contributed by atoms with E-state index in [1.807, 2.05) is 29.0 Å². The Morgan fingerprint density at radius 1 is 1.33 bits per heavy atom. The molecular weight excluding hydrogens is 246 g/mol. The van der Waals surface area contributed by atoms with E-state index in [0.717, 1.165) is 16.6 Å². The van der Waals surface area contributed by atoms with Crippen LogP contribution in [0.4, 0.5) is 11.4 Å². The number of benzene rings is 1. The van der Waals surface area contributed by atoms with E-state index in [9.17, 15) is 4.79 Å². The molecule has 90 valence electrons. The maximum atomic E-state index is 12.1. The molecule has 1 amide bonds. The number of hydrogen-bond donors (Lipinski definition) is 3. The lowest BCUT2D eigenvalue weighted by Gasteiger charge is -2.01. The van der Waals surface area contributed by atoms with Crippen molar-refractivity contribution in [2.24, 2.45) is 0 Å². The summed E-state index contributed by atoms with van der Waals surface area (Å²) in [5, 5.41) is 7.54. The number of aromatic nitrogens is 1. The lowest BCUT2D eigenvalue weighted by Crippen LogP contribution is -2.10. The molecule has 0 bridgehead atoms. The first-order chi connectivity index (χ1) is 8.74. The van der Waals surface area contributed by atoms with E-state index in [4.69, 9.17) is 5.73 Å². The fraction of sp³-hybridized carbons (Fsp3) is 0. The second-order valence-electron chi connectivity index (χ2n) is 3.97. The van der Waals surface area contributed by atoms with Gasteiger partial charge in [0.05, 0.1) is 11.3 Å². The molecule has 18 heavy (non-hydrogen) atoms. The zero-order chi connectivity index (χ0) is 12.5. The highest BCUT2D eigenvalue weighted by Gasteiger charge is 2.12. The quantitative estimate of drug-likeness (QED) is 0.617. The van der Waals surface area contributed by atoms with Gasteiger partial charge in [-0.25, -0.2) is 0 Å². The van der Waals surface area contributed by atoms with Crippen LogP contribution in [0.3, 0.4) is 0 Å². The van der Waals surface area contributed by atoms with Crippen molar-refractivity contribution in [3.8, 4) is 0 Å². The van der Waals surface area contributed by atoms with Gasteiger partial charge in [0.25, 0.3) is 5.91 Å². The fourth-order valence-corrected chi connectivity index (χ4v) is 2.45. The number of hydrogen-bond acceptors (Lipinski definition) is 3. The molecule has 0 spiro atoms. The molecule has 2 heterocycles. The van der Waals surface area contributed by atoms with Gasteiger partial charge in [0.15, 0.2) is 0 Å². The lowest BCUT2D eigenvalue weighted by molar-refractivity contribution is 0.102. The molecule has 0 aliphatic heterocycles. The standard InChI is InChI=1S/C13H11N3OS/c14-8-1-2-10-11(6-15-12(10)5-8)13(17)16-9-3-4-18-7-9/h1-7,15H,14H2,(H,16,17). The molecule has 0 aliphatic carbocycles. The number of nitrogen functional groups attached to an aromatic ring is 1. The Balaban J connectivity index is 1.97. The number of anilines is 2. The number of H-pyrrole nitrogens is 1. The number of nitrogens with two attached hydrogens (primary N) is 1. The van der Waals surface area contributed by atoms with E-state index in [2.05, 4.69) is 10.3 Å². The van der Waals surface area contributed by atoms with E-state index >= 15 is 0 Å². The fourth-order valence-electron chi connectivity index (χ4n) is 1.87. The summed E-state index contributed by atoms with van der Waals surface area (Å²) in [6.45, 7) is 0. The molecule has 3 rings (SSSR count). The number of thiophene rings is 1. The van der Waals surface area contributed by atoms with Crippen LogP contribution in [0.1, 0.15) is 10.4 Å². The summed E-state index contributed by atoms with van der Waals surface area (Å²) in [4.78, 5) is 15.2. The maximum absolute atomic E-state index is 12.1. The molecule has 0 aliphatic rings. The van der Waals surface area contributed by atoms with E-state index in [1.54, 1.807) is 23.6 Å². The maximum Gasteiger partial charge on any atom is 0.257 e. The number of nitrogens with one attached hydrogen (secondary N) is 2. The molecule has 3 aromatic rings. The van der Waals surface area contributed by atoms with Crippen LogP contribution in [-0.4, -0.2) is 10.9 Å². The molecule has 0 unspecified atom stereocenters. The average Bonchev–Trinajstić information content (AvgIpc) is 2.97. The molecular formula is C13H11N3OS. The second kappa shape index (κ2) is 4.19. The van der Waals surface area contributed by atoms with Crippen LogP contribution < -0.4 is 11.1 Å². The van der Waals surface area contributed by atoms with Crippen molar-refractivity contribution in [3.05, 3.63) is 46.8 Å². The first-order valence-electron chi connectivity index (χ1n) is 5.44. The lowest BCUT2D eigenvalue weighted by atomic mass is 10.1. The number of rotatable bonds is 2. The summed E-state index contributed by atoms with van der Waals surface area (Å²) >= 11 is 1.55. The van der Waals surface area contributed by atoms with Gasteiger partial charge in [0, 0.05) is 28.2 Å². The Morgan fingerprint density at radius 3 is 3.00 bits per heavy atom. The molecule has 5 heteroatoms. The first kappa shape index (κ1) is 10.9. The van der Waals surface area contributed by atoms with Gasteiger partial charge in [0.1, 0.15) is 0 Å². The van der Waals surface area contributed by atoms with E-state index in [1.165, 1.54) is 0 Å². The molecule has 0 atom stereocenters. The van der Waals surface area contributed by atoms with Gasteiger partial charge in [-0.05, 0) is 29.6 Å². The van der Waals surface area contributed by atoms with Gasteiger partial charge in [-0.1, -0.05) is 0 Å². The van der Waals surface area contributed by atoms with Gasteiger partial charge in [-0.3, -0.25) is 4.79 Å². The second-order valence-corrected chi connectivity index (χ2v) is 4.75. The molecule has 0 saturated carbocycles. The minimum Gasteiger partial charge on any atom is -0.399 e. The third kappa shape index (κ3) is 1.84. The van der Waals surface area contributed by atoms with E-state index < -0.39 is 0 Å². The topological polar surface area (TPSA) is 70.9 Å². The molecule has 0 saturated heterocycles. The third-order valence-corrected chi connectivity index (χ3v) is 3.41. The molecule has 1 aromatic carbocycles. The van der Waals surface area contributed by atoms with Crippen LogP contribution in [0, 0.1) is 0 Å². The number of aromatic amines is 1. The zero-order valence-electron chi connectivity index (χ0n) is 9.44. The smallest absolute Gasteiger partial charge is 0.257 e. The van der Waals surface area contributed by atoms with Gasteiger partial charge in [-0.2, -0.15) is 11.3 Å². The highest BCUT2D eigenvalue weighted by Crippen LogP contribution is 2.22. The van der Waals surface area contributed by atoms with Crippen LogP contribution in [0.5, 0.6) is 0 Å². The van der Waals surface area contributed by atoms with Gasteiger partial charge in [0.2, 0.25) is 0 Å². The number of amides is 1. The largest absolute Gasteiger partial charge is 0.399 e. The molecule has 2 aromatic heterocycles. The van der Waals surface area contributed by atoms with Crippen LogP contribution >= 0.6 is 11.3 Å². The highest BCUT2D eigenvalue weighted by atomic mass is 32.1. The Labute approximate surface area is 107 Å². The van der Waals surface area contributed by atoms with Crippen LogP contribution in [0.2, 0.25) is 0 Å². The minimum atomic E-state index is -0.121. The summed E-state index contributed by atoms with van der Waals surface area (Å²) in [5.74, 6) is -0.121. The van der Waals surface area contributed by atoms with Crippen molar-refractivity contribution in [1.29, 1.82) is 0 Å². The van der Waals surface area contributed by atoms with E-state index in [0.29, 0.717) is 11.3 Å². The summed E-state index contributed by atoms with van der Waals surface area (Å²) in [7, 11) is 0. The Bertz CT molecular complexity index is 700. The van der Waals surface area contributed by atoms with Crippen molar-refractivity contribution >= 4 is 39.5 Å². The first-order valence-corrected chi connectivity index (χ1v) is 6.38. The summed E-state index contributed by atoms with van der Waals surface area (Å²) in [6, 6.07) is 7.33. The number of carbonyl (C=O) groups excluding carboxylic acids is 1. The van der Waals surface area contributed by atoms with Gasteiger partial charge in [-0.15, -0.1) is 0 Å². The zero-order valence-corrected chi connectivity index (χ0v) is 10.3. The molecule has 0 radical (unpaired) electrons. The SMILES string of the molecule is Nc1ccc2c(C(=O)Nc3ccsc3)c[nH]c2c1. The normalized spacial score (nSPS) is 10.7. The van der Waals surface area contributed by atoms with Crippen molar-refractivity contribution < 1.29 is 4.79 Å².